The van der Waals surface area contributed by atoms with Crippen LogP contribution in [0.5, 0.6) is 0 Å². The highest BCUT2D eigenvalue weighted by molar-refractivity contribution is 9.10. The minimum absolute atomic E-state index is 0.466. The summed E-state index contributed by atoms with van der Waals surface area (Å²) in [6, 6.07) is 8.01. The predicted molar refractivity (Wildman–Crippen MR) is 72.1 cm³/mol. The monoisotopic (exact) mass is 313 g/mol. The van der Waals surface area contributed by atoms with Gasteiger partial charge in [-0.2, -0.15) is 0 Å². The van der Waals surface area contributed by atoms with Gasteiger partial charge in [-0.3, -0.25) is 0 Å². The van der Waals surface area contributed by atoms with Crippen molar-refractivity contribution in [2.24, 2.45) is 0 Å². The molecule has 1 aromatic carbocycles. The van der Waals surface area contributed by atoms with Crippen LogP contribution in [0.15, 0.2) is 28.7 Å². The van der Waals surface area contributed by atoms with Gasteiger partial charge in [0.25, 0.3) is 0 Å². The van der Waals surface area contributed by atoms with E-state index in [-0.39, 0.29) is 0 Å². The molecule has 17 heavy (non-hydrogen) atoms. The maximum absolute atomic E-state index is 5.62. The third kappa shape index (κ3) is 3.24. The van der Waals surface area contributed by atoms with Crippen LogP contribution in [0, 0.1) is 0 Å². The lowest BCUT2D eigenvalue weighted by Gasteiger charge is -2.05. The van der Waals surface area contributed by atoms with E-state index >= 15 is 0 Å². The van der Waals surface area contributed by atoms with Gasteiger partial charge in [-0.25, -0.2) is 0 Å². The lowest BCUT2D eigenvalue weighted by Crippen LogP contribution is -1.98. The highest BCUT2D eigenvalue weighted by Crippen LogP contribution is 2.20. The van der Waals surface area contributed by atoms with Crippen LogP contribution in [0.4, 0.5) is 5.00 Å². The van der Waals surface area contributed by atoms with Crippen molar-refractivity contribution in [2.75, 3.05) is 12.4 Å². The van der Waals surface area contributed by atoms with Crippen LogP contribution in [-0.4, -0.2) is 16.6 Å². The number of hydrogen-bond donors (Lipinski definition) is 1. The van der Waals surface area contributed by atoms with Crippen molar-refractivity contribution in [2.45, 2.75) is 13.2 Å². The molecule has 0 aliphatic rings. The largest absolute Gasteiger partial charge is 0.377 e. The maximum atomic E-state index is 5.62. The van der Waals surface area contributed by atoms with Gasteiger partial charge < -0.3 is 10.1 Å². The van der Waals surface area contributed by atoms with Crippen molar-refractivity contribution in [3.8, 4) is 0 Å². The van der Waals surface area contributed by atoms with Crippen LogP contribution in [-0.2, 0) is 18.0 Å². The smallest absolute Gasteiger partial charge is 0.135 e. The van der Waals surface area contributed by atoms with Gasteiger partial charge in [-0.1, -0.05) is 38.6 Å². The first-order valence-corrected chi connectivity index (χ1v) is 6.68. The van der Waals surface area contributed by atoms with Crippen molar-refractivity contribution in [3.63, 3.8) is 0 Å². The summed E-state index contributed by atoms with van der Waals surface area (Å²) in [7, 11) is 1.85. The summed E-state index contributed by atoms with van der Waals surface area (Å²) in [6.07, 6.45) is 0. The minimum atomic E-state index is 0.466. The van der Waals surface area contributed by atoms with Crippen LogP contribution < -0.4 is 5.32 Å². The van der Waals surface area contributed by atoms with Gasteiger partial charge in [0.05, 0.1) is 13.2 Å². The molecule has 0 spiro atoms. The average molecular weight is 314 g/mol. The van der Waals surface area contributed by atoms with Crippen LogP contribution >= 0.6 is 27.5 Å². The molecule has 1 aromatic heterocycles. The quantitative estimate of drug-likeness (QED) is 0.921. The standard InChI is InChI=1S/C11H12BrN3OS/c1-13-11-10(14-15-17-11)7-16-6-8-4-2-3-5-9(8)12/h2-5,13H,6-7H2,1H3. The summed E-state index contributed by atoms with van der Waals surface area (Å²) in [5, 5.41) is 8.01. The number of aromatic nitrogens is 2. The molecule has 0 aliphatic heterocycles. The van der Waals surface area contributed by atoms with Gasteiger partial charge in [0.1, 0.15) is 10.7 Å². The third-order valence-corrected chi connectivity index (χ3v) is 3.80. The fourth-order valence-electron chi connectivity index (χ4n) is 1.37. The van der Waals surface area contributed by atoms with Crippen LogP contribution in [0.3, 0.4) is 0 Å². The summed E-state index contributed by atoms with van der Waals surface area (Å²) in [6.45, 7) is 1.02. The summed E-state index contributed by atoms with van der Waals surface area (Å²) in [4.78, 5) is 0. The zero-order chi connectivity index (χ0) is 12.1. The molecule has 0 saturated heterocycles. The van der Waals surface area contributed by atoms with Crippen molar-refractivity contribution in [3.05, 3.63) is 40.0 Å². The van der Waals surface area contributed by atoms with Gasteiger partial charge >= 0.3 is 0 Å². The first kappa shape index (κ1) is 12.5. The second kappa shape index (κ2) is 6.09. The van der Waals surface area contributed by atoms with Gasteiger partial charge in [0, 0.05) is 23.1 Å². The molecular formula is C11H12BrN3OS. The highest BCUT2D eigenvalue weighted by atomic mass is 79.9. The Kier molecular flexibility index (Phi) is 4.47. The first-order chi connectivity index (χ1) is 8.31. The zero-order valence-electron chi connectivity index (χ0n) is 9.31. The van der Waals surface area contributed by atoms with E-state index in [0.29, 0.717) is 13.2 Å². The Bertz CT molecular complexity index is 489. The van der Waals surface area contributed by atoms with E-state index < -0.39 is 0 Å². The summed E-state index contributed by atoms with van der Waals surface area (Å²) in [5.41, 5.74) is 1.98. The number of anilines is 1. The van der Waals surface area contributed by atoms with E-state index in [4.69, 9.17) is 4.74 Å². The molecule has 0 amide bonds. The molecule has 0 radical (unpaired) electrons. The maximum Gasteiger partial charge on any atom is 0.135 e. The van der Waals surface area contributed by atoms with Crippen LogP contribution in [0.25, 0.3) is 0 Å². The number of rotatable bonds is 5. The predicted octanol–water partition coefficient (Wildman–Crippen LogP) is 3.06. The first-order valence-electron chi connectivity index (χ1n) is 5.11. The Labute approximate surface area is 112 Å². The SMILES string of the molecule is CNc1snnc1COCc1ccccc1Br. The molecule has 0 saturated carbocycles. The highest BCUT2D eigenvalue weighted by Gasteiger charge is 2.06. The molecule has 6 heteroatoms. The van der Waals surface area contributed by atoms with Crippen LogP contribution in [0.2, 0.25) is 0 Å². The van der Waals surface area contributed by atoms with E-state index in [9.17, 15) is 0 Å². The molecule has 1 heterocycles. The molecule has 0 fully saturated rings. The number of halogens is 1. The number of ether oxygens (including phenoxy) is 1. The number of nitrogens with zero attached hydrogens (tertiary/aromatic N) is 2. The number of benzene rings is 1. The lowest BCUT2D eigenvalue weighted by atomic mass is 10.2. The van der Waals surface area contributed by atoms with E-state index in [1.165, 1.54) is 11.5 Å². The summed E-state index contributed by atoms with van der Waals surface area (Å²) in [5.74, 6) is 0. The topological polar surface area (TPSA) is 47.0 Å². The Morgan fingerprint density at radius 2 is 2.18 bits per heavy atom. The van der Waals surface area contributed by atoms with Gasteiger partial charge in [0.2, 0.25) is 0 Å². The Hall–Kier alpha value is -0.980. The third-order valence-electron chi connectivity index (χ3n) is 2.24. The van der Waals surface area contributed by atoms with E-state index in [1.54, 1.807) is 0 Å². The molecule has 90 valence electrons. The summed E-state index contributed by atoms with van der Waals surface area (Å²) >= 11 is 4.82. The zero-order valence-corrected chi connectivity index (χ0v) is 11.7. The molecule has 0 atom stereocenters. The van der Waals surface area contributed by atoms with Crippen molar-refractivity contribution in [1.82, 2.24) is 9.59 Å². The normalized spacial score (nSPS) is 10.5. The number of nitrogens with one attached hydrogen (secondary N) is 1. The van der Waals surface area contributed by atoms with E-state index in [2.05, 4.69) is 30.8 Å². The molecule has 0 unspecified atom stereocenters. The molecule has 2 aromatic rings. The van der Waals surface area contributed by atoms with E-state index in [0.717, 1.165) is 20.7 Å². The molecule has 2 rings (SSSR count). The fraction of sp³-hybridized carbons (Fsp3) is 0.273. The summed E-state index contributed by atoms with van der Waals surface area (Å²) < 4.78 is 10.6. The van der Waals surface area contributed by atoms with Gasteiger partial charge in [-0.15, -0.1) is 5.10 Å². The van der Waals surface area contributed by atoms with E-state index in [1.807, 2.05) is 31.3 Å². The van der Waals surface area contributed by atoms with Crippen molar-refractivity contribution in [1.29, 1.82) is 0 Å². The Balaban J connectivity index is 1.90. The molecule has 1 N–H and O–H groups in total. The number of hydrogen-bond acceptors (Lipinski definition) is 5. The fourth-order valence-corrected chi connectivity index (χ4v) is 2.28. The van der Waals surface area contributed by atoms with Gasteiger partial charge in [-0.05, 0) is 11.6 Å². The molecule has 0 aliphatic carbocycles. The average Bonchev–Trinajstić information content (AvgIpc) is 2.79. The van der Waals surface area contributed by atoms with Crippen molar-refractivity contribution < 1.29 is 4.74 Å². The second-order valence-corrected chi connectivity index (χ2v) is 4.99. The Morgan fingerprint density at radius 1 is 1.35 bits per heavy atom. The minimum Gasteiger partial charge on any atom is -0.377 e. The lowest BCUT2D eigenvalue weighted by molar-refractivity contribution is 0.104. The molecule has 0 bridgehead atoms. The second-order valence-electron chi connectivity index (χ2n) is 3.38. The van der Waals surface area contributed by atoms with Crippen molar-refractivity contribution >= 4 is 32.5 Å². The van der Waals surface area contributed by atoms with Gasteiger partial charge in [0.15, 0.2) is 0 Å². The Morgan fingerprint density at radius 3 is 2.94 bits per heavy atom. The molecular weight excluding hydrogens is 302 g/mol. The molecule has 4 nitrogen and oxygen atoms in total. The van der Waals surface area contributed by atoms with Crippen LogP contribution in [0.1, 0.15) is 11.3 Å².